The number of benzene rings is 7. The van der Waals surface area contributed by atoms with Gasteiger partial charge in [0.2, 0.25) is 0 Å². The molecule has 3 heterocycles. The molecule has 0 saturated heterocycles. The topological polar surface area (TPSA) is 35.2 Å². The summed E-state index contributed by atoms with van der Waals surface area (Å²) < 4.78 is 12.8. The quantitative estimate of drug-likeness (QED) is 0.142. The Morgan fingerprint density at radius 3 is 1.84 bits per heavy atom. The van der Waals surface area contributed by atoms with Crippen molar-refractivity contribution in [2.24, 2.45) is 0 Å². The minimum atomic E-state index is 0.000865. The van der Waals surface area contributed by atoms with Crippen molar-refractivity contribution in [3.63, 3.8) is 0 Å². The first-order chi connectivity index (χ1) is 31.1. The van der Waals surface area contributed by atoms with E-state index in [1.807, 2.05) is 12.3 Å². The summed E-state index contributed by atoms with van der Waals surface area (Å²) in [5, 5.41) is 0. The zero-order valence-electron chi connectivity index (χ0n) is 37.1. The Balaban J connectivity index is 1.14. The Kier molecular flexibility index (Phi) is 10.9. The second-order valence-electron chi connectivity index (χ2n) is 17.8. The van der Waals surface area contributed by atoms with E-state index in [4.69, 9.17) is 9.72 Å². The zero-order valence-corrected chi connectivity index (χ0v) is 39.4. The van der Waals surface area contributed by atoms with Gasteiger partial charge in [0.05, 0.1) is 0 Å². The standard InChI is InChI=1S/C58H50N4O.Pt/c1-39-40(2)55(43-22-12-8-13-23-43)57(56(41(39)3)44-24-14-9-15-25-44)62-38-61(50-29-16-17-30-51(50)62)47-27-18-28-48(36-47)63-53-37-52-45(34-49(53)42-20-10-7-11-21-42)26-19-33-60(52)54-35-46(31-32-59-54)58(4,5)6;/h7-18,20-25,27-32,34-35H,19,26,33H2,1-6H3;/q-2;. The van der Waals surface area contributed by atoms with Crippen LogP contribution in [0.4, 0.5) is 11.5 Å². The number of hydrogen-bond acceptors (Lipinski definition) is 3. The molecule has 0 aliphatic carbocycles. The molecule has 0 spiro atoms. The van der Waals surface area contributed by atoms with Gasteiger partial charge >= 0.3 is 346 Å². The zero-order chi connectivity index (χ0) is 44.1. The van der Waals surface area contributed by atoms with Crippen LogP contribution in [0.15, 0.2) is 158 Å². The monoisotopic (exact) mass is 1010 g/mol. The van der Waals surface area contributed by atoms with Gasteiger partial charge in [-0.2, -0.15) is 0 Å². The van der Waals surface area contributed by atoms with E-state index >= 15 is 0 Å². The molecule has 0 amide bonds. The molecule has 1 aliphatic heterocycles. The first-order valence-electron chi connectivity index (χ1n) is 22.1. The fraction of sp³-hybridized carbons (Fsp3) is 0.172. The summed E-state index contributed by atoms with van der Waals surface area (Å²) in [6.07, 6.45) is 3.92. The fourth-order valence-corrected chi connectivity index (χ4v) is 10.3. The molecule has 10 rings (SSSR count). The van der Waals surface area contributed by atoms with Crippen LogP contribution < -0.4 is 9.64 Å². The minimum absolute atomic E-state index is 0.000865. The third kappa shape index (κ3) is 7.46. The number of anilines is 2. The van der Waals surface area contributed by atoms with Crippen molar-refractivity contribution in [2.75, 3.05) is 11.4 Å². The number of ether oxygens (including phenoxy) is 1. The van der Waals surface area contributed by atoms with Gasteiger partial charge in [0, 0.05) is 6.20 Å². The maximum atomic E-state index is 7.02. The molecular formula is C58H50N4OPt-2. The summed E-state index contributed by atoms with van der Waals surface area (Å²) in [6.45, 7) is 14.4. The molecule has 5 nitrogen and oxygen atoms in total. The van der Waals surface area contributed by atoms with Crippen LogP contribution >= 0.6 is 0 Å². The molecule has 64 heavy (non-hydrogen) atoms. The van der Waals surface area contributed by atoms with E-state index < -0.39 is 0 Å². The van der Waals surface area contributed by atoms with E-state index in [2.05, 4.69) is 233 Å². The van der Waals surface area contributed by atoms with Crippen molar-refractivity contribution in [1.82, 2.24) is 14.1 Å². The van der Waals surface area contributed by atoms with Crippen molar-refractivity contribution in [2.45, 2.75) is 59.8 Å². The first kappa shape index (κ1) is 41.5. The van der Waals surface area contributed by atoms with Gasteiger partial charge in [-0.1, -0.05) is 20.8 Å². The number of rotatable bonds is 8. The van der Waals surface area contributed by atoms with Gasteiger partial charge in [-0.15, -0.1) is 0 Å². The van der Waals surface area contributed by atoms with Crippen LogP contribution in [0, 0.1) is 36.7 Å². The number of para-hydroxylation sites is 2. The number of nitrogens with zero attached hydrogens (tertiary/aromatic N) is 4. The summed E-state index contributed by atoms with van der Waals surface area (Å²) in [5.74, 6) is 2.20. The summed E-state index contributed by atoms with van der Waals surface area (Å²) in [7, 11) is 0. The van der Waals surface area contributed by atoms with Crippen molar-refractivity contribution in [3.05, 3.63) is 202 Å². The molecule has 0 radical (unpaired) electrons. The molecule has 2 aromatic heterocycles. The number of pyridine rings is 1. The van der Waals surface area contributed by atoms with Gasteiger partial charge in [-0.05, 0) is 17.0 Å². The SMILES string of the molecule is Cc1c(C)c(-c2ccccc2)c(-n2[c](=[Pt])n(-c3[c-]c(Oc4[c-]c5c(cc4-c4ccccc4)CCCN5c4cc(C(C)(C)C)ccn4)ccc3)c3ccccc32)c(-c2ccccc2)c1C. The molecule has 320 valence electrons. The fourth-order valence-electron chi connectivity index (χ4n) is 9.27. The molecule has 0 atom stereocenters. The van der Waals surface area contributed by atoms with Gasteiger partial charge in [0.15, 0.2) is 0 Å². The molecule has 0 N–H and O–H groups in total. The molecule has 0 unspecified atom stereocenters. The predicted octanol–water partition coefficient (Wildman–Crippen LogP) is 14.6. The molecule has 0 bridgehead atoms. The molecule has 6 heteroatoms. The summed E-state index contributed by atoms with van der Waals surface area (Å²) in [5.41, 5.74) is 18.4. The Morgan fingerprint density at radius 2 is 1.22 bits per heavy atom. The van der Waals surface area contributed by atoms with Gasteiger partial charge in [-0.3, -0.25) is 0 Å². The van der Waals surface area contributed by atoms with Crippen LogP contribution in [0.2, 0.25) is 0 Å². The predicted molar refractivity (Wildman–Crippen MR) is 259 cm³/mol. The van der Waals surface area contributed by atoms with Crippen LogP contribution in [0.25, 0.3) is 55.8 Å². The molecule has 9 aromatic rings. The maximum absolute atomic E-state index is 7.02. The third-order valence-electron chi connectivity index (χ3n) is 12.8. The van der Waals surface area contributed by atoms with Gasteiger partial charge < -0.3 is 0 Å². The van der Waals surface area contributed by atoms with Crippen molar-refractivity contribution < 1.29 is 24.1 Å². The Labute approximate surface area is 387 Å². The Bertz CT molecular complexity index is 3190. The van der Waals surface area contributed by atoms with Crippen LogP contribution in [-0.2, 0) is 31.2 Å². The van der Waals surface area contributed by atoms with Crippen molar-refractivity contribution in [1.29, 1.82) is 0 Å². The van der Waals surface area contributed by atoms with Crippen LogP contribution in [-0.4, -0.2) is 20.7 Å². The van der Waals surface area contributed by atoms with Gasteiger partial charge in [-0.25, -0.2) is 0 Å². The van der Waals surface area contributed by atoms with E-state index in [9.17, 15) is 0 Å². The summed E-state index contributed by atoms with van der Waals surface area (Å²) >= 11 is 2.52. The molecule has 7 aromatic carbocycles. The van der Waals surface area contributed by atoms with Crippen molar-refractivity contribution in [3.8, 4) is 56.3 Å². The number of aryl methyl sites for hydroxylation is 1. The Morgan fingerprint density at radius 1 is 0.625 bits per heavy atom. The van der Waals surface area contributed by atoms with E-state index in [0.29, 0.717) is 11.5 Å². The number of hydrogen-bond donors (Lipinski definition) is 0. The summed E-state index contributed by atoms with van der Waals surface area (Å²) in [4.78, 5) is 7.19. The van der Waals surface area contributed by atoms with Crippen LogP contribution in [0.1, 0.15) is 55.0 Å². The van der Waals surface area contributed by atoms with Crippen molar-refractivity contribution >= 4 is 22.5 Å². The van der Waals surface area contributed by atoms with Crippen LogP contribution in [0.5, 0.6) is 11.5 Å². The second-order valence-corrected chi connectivity index (χ2v) is 18.8. The van der Waals surface area contributed by atoms with E-state index in [1.54, 1.807) is 0 Å². The van der Waals surface area contributed by atoms with Crippen LogP contribution in [0.3, 0.4) is 0 Å². The van der Waals surface area contributed by atoms with E-state index in [1.165, 1.54) is 50.1 Å². The van der Waals surface area contributed by atoms with Gasteiger partial charge in [0.1, 0.15) is 0 Å². The molecule has 0 fully saturated rings. The van der Waals surface area contributed by atoms with E-state index in [0.717, 1.165) is 68.2 Å². The second kappa shape index (κ2) is 16.9. The third-order valence-corrected chi connectivity index (χ3v) is 13.8. The van der Waals surface area contributed by atoms with Gasteiger partial charge in [0.25, 0.3) is 0 Å². The average molecular weight is 1010 g/mol. The normalized spacial score (nSPS) is 12.7. The molecular weight excluding hydrogens is 964 g/mol. The first-order valence-corrected chi connectivity index (χ1v) is 23.2. The molecule has 0 saturated carbocycles. The number of aromatic nitrogens is 3. The Hall–Kier alpha value is -6.55. The summed E-state index contributed by atoms with van der Waals surface area (Å²) in [6, 6.07) is 61.2. The number of imidazole rings is 1. The average Bonchev–Trinajstić information content (AvgIpc) is 3.62. The number of fused-ring (bicyclic) bond motifs is 2. The van der Waals surface area contributed by atoms with E-state index in [-0.39, 0.29) is 5.41 Å². The molecule has 1 aliphatic rings.